The molecule has 0 saturated heterocycles. The number of tetrazole rings is 1. The summed E-state index contributed by atoms with van der Waals surface area (Å²) in [7, 11) is 0. The van der Waals surface area contributed by atoms with E-state index in [1.807, 2.05) is 60.0 Å². The maximum atomic E-state index is 12.3. The van der Waals surface area contributed by atoms with Crippen LogP contribution in [0.25, 0.3) is 5.69 Å². The molecule has 9 heteroatoms. The number of thiazole rings is 1. The highest BCUT2D eigenvalue weighted by atomic mass is 32.2. The summed E-state index contributed by atoms with van der Waals surface area (Å²) in [6.45, 7) is 3.66. The first kappa shape index (κ1) is 20.2. The van der Waals surface area contributed by atoms with Crippen LogP contribution in [0.15, 0.2) is 65.1 Å². The second-order valence-electron chi connectivity index (χ2n) is 6.49. The highest BCUT2D eigenvalue weighted by Crippen LogP contribution is 2.31. The van der Waals surface area contributed by atoms with Crippen LogP contribution in [0.4, 0.5) is 10.8 Å². The Morgan fingerprint density at radius 1 is 1.13 bits per heavy atom. The van der Waals surface area contributed by atoms with Crippen LogP contribution in [-0.2, 0) is 17.0 Å². The van der Waals surface area contributed by atoms with Crippen molar-refractivity contribution < 1.29 is 4.79 Å². The van der Waals surface area contributed by atoms with Crippen LogP contribution in [0, 0.1) is 0 Å². The van der Waals surface area contributed by atoms with Crippen molar-refractivity contribution in [3.63, 3.8) is 0 Å². The molecular weight excluding hydrogens is 416 g/mol. The minimum absolute atomic E-state index is 0.0687. The first-order valence-corrected chi connectivity index (χ1v) is 11.3. The van der Waals surface area contributed by atoms with Gasteiger partial charge in [-0.15, -0.1) is 16.4 Å². The fraction of sp³-hybridized carbons (Fsp3) is 0.190. The number of amides is 1. The number of para-hydroxylation sites is 1. The van der Waals surface area contributed by atoms with E-state index in [1.165, 1.54) is 28.7 Å². The van der Waals surface area contributed by atoms with Gasteiger partial charge >= 0.3 is 0 Å². The molecular formula is C21H20N6OS2. The average Bonchev–Trinajstić information content (AvgIpc) is 3.43. The lowest BCUT2D eigenvalue weighted by Crippen LogP contribution is -2.22. The van der Waals surface area contributed by atoms with Gasteiger partial charge in [-0.3, -0.25) is 9.69 Å². The summed E-state index contributed by atoms with van der Waals surface area (Å²) >= 11 is 2.95. The molecule has 0 N–H and O–H groups in total. The van der Waals surface area contributed by atoms with E-state index in [9.17, 15) is 4.79 Å². The lowest BCUT2D eigenvalue weighted by Gasteiger charge is -2.18. The van der Waals surface area contributed by atoms with E-state index < -0.39 is 0 Å². The fourth-order valence-corrected chi connectivity index (χ4v) is 4.69. The highest BCUT2D eigenvalue weighted by Gasteiger charge is 2.18. The molecule has 2 aromatic heterocycles. The summed E-state index contributed by atoms with van der Waals surface area (Å²) in [5.74, 6) is 0.533. The quantitative estimate of drug-likeness (QED) is 0.392. The summed E-state index contributed by atoms with van der Waals surface area (Å²) in [5.41, 5.74) is 3.83. The van der Waals surface area contributed by atoms with Crippen LogP contribution < -0.4 is 4.90 Å². The van der Waals surface area contributed by atoms with Crippen LogP contribution >= 0.6 is 23.1 Å². The van der Waals surface area contributed by atoms with E-state index in [1.54, 1.807) is 16.5 Å². The lowest BCUT2D eigenvalue weighted by molar-refractivity contribution is -0.115. The zero-order chi connectivity index (χ0) is 20.9. The van der Waals surface area contributed by atoms with Gasteiger partial charge in [0, 0.05) is 18.1 Å². The van der Waals surface area contributed by atoms with Crippen LogP contribution in [-0.4, -0.2) is 31.1 Å². The van der Waals surface area contributed by atoms with E-state index in [4.69, 9.17) is 0 Å². The largest absolute Gasteiger partial charge is 0.274 e. The van der Waals surface area contributed by atoms with Crippen molar-refractivity contribution in [3.8, 4) is 5.69 Å². The van der Waals surface area contributed by atoms with E-state index in [0.717, 1.165) is 23.5 Å². The highest BCUT2D eigenvalue weighted by molar-refractivity contribution is 7.98. The molecule has 4 rings (SSSR count). The van der Waals surface area contributed by atoms with Gasteiger partial charge in [0.1, 0.15) is 0 Å². The third-order valence-corrected chi connectivity index (χ3v) is 6.27. The molecule has 7 nitrogen and oxygen atoms in total. The van der Waals surface area contributed by atoms with Crippen LogP contribution in [0.1, 0.15) is 25.1 Å². The van der Waals surface area contributed by atoms with Crippen LogP contribution in [0.3, 0.4) is 0 Å². The second kappa shape index (κ2) is 9.19. The Morgan fingerprint density at radius 2 is 1.90 bits per heavy atom. The second-order valence-corrected chi connectivity index (χ2v) is 8.27. The zero-order valence-electron chi connectivity index (χ0n) is 16.6. The Bertz CT molecular complexity index is 1120. The topological polar surface area (TPSA) is 76.8 Å². The van der Waals surface area contributed by atoms with Gasteiger partial charge in [0.25, 0.3) is 0 Å². The number of anilines is 2. The SMILES string of the molecule is CCc1ccc(N(C(C)=O)c2nc(CSc3nnnn3-c3ccccc3)cs2)cc1. The molecule has 0 atom stereocenters. The molecule has 1 amide bonds. The van der Waals surface area contributed by atoms with E-state index in [-0.39, 0.29) is 5.91 Å². The summed E-state index contributed by atoms with van der Waals surface area (Å²) < 4.78 is 1.70. The molecule has 2 aromatic carbocycles. The molecule has 0 aliphatic heterocycles. The van der Waals surface area contributed by atoms with E-state index in [2.05, 4.69) is 27.4 Å². The van der Waals surface area contributed by atoms with E-state index in [0.29, 0.717) is 16.0 Å². The smallest absolute Gasteiger partial charge is 0.230 e. The predicted octanol–water partition coefficient (Wildman–Crippen LogP) is 4.66. The molecule has 152 valence electrons. The molecule has 0 spiro atoms. The standard InChI is InChI=1S/C21H20N6OS2/c1-3-16-9-11-18(12-10-16)26(15(2)28)20-22-17(13-29-20)14-30-21-23-24-25-27(21)19-7-5-4-6-8-19/h4-13H,3,14H2,1-2H3. The van der Waals surface area contributed by atoms with Crippen molar-refractivity contribution in [1.82, 2.24) is 25.2 Å². The molecule has 0 aliphatic carbocycles. The Labute approximate surface area is 182 Å². The number of thioether (sulfide) groups is 1. The van der Waals surface area contributed by atoms with Gasteiger partial charge < -0.3 is 0 Å². The first-order valence-electron chi connectivity index (χ1n) is 9.46. The van der Waals surface area contributed by atoms with Gasteiger partial charge in [-0.05, 0) is 46.7 Å². The number of hydrogen-bond donors (Lipinski definition) is 0. The van der Waals surface area contributed by atoms with E-state index >= 15 is 0 Å². The van der Waals surface area contributed by atoms with Gasteiger partial charge in [-0.25, -0.2) is 4.98 Å². The van der Waals surface area contributed by atoms with Gasteiger partial charge in [-0.2, -0.15) is 4.68 Å². The number of nitrogens with zero attached hydrogens (tertiary/aromatic N) is 6. The predicted molar refractivity (Wildman–Crippen MR) is 119 cm³/mol. The first-order chi connectivity index (χ1) is 14.7. The average molecular weight is 437 g/mol. The van der Waals surface area contributed by atoms with Gasteiger partial charge in [0.15, 0.2) is 5.13 Å². The summed E-state index contributed by atoms with van der Waals surface area (Å²) in [5, 5.41) is 15.3. The van der Waals surface area contributed by atoms with Gasteiger partial charge in [-0.1, -0.05) is 49.0 Å². The van der Waals surface area contributed by atoms with Crippen molar-refractivity contribution in [2.75, 3.05) is 4.90 Å². The molecule has 2 heterocycles. The fourth-order valence-electron chi connectivity index (χ4n) is 2.91. The maximum Gasteiger partial charge on any atom is 0.230 e. The maximum absolute atomic E-state index is 12.3. The monoisotopic (exact) mass is 436 g/mol. The van der Waals surface area contributed by atoms with Crippen molar-refractivity contribution in [1.29, 1.82) is 0 Å². The Morgan fingerprint density at radius 3 is 2.60 bits per heavy atom. The van der Waals surface area contributed by atoms with Crippen LogP contribution in [0.2, 0.25) is 0 Å². The molecule has 30 heavy (non-hydrogen) atoms. The number of benzene rings is 2. The summed E-state index contributed by atoms with van der Waals surface area (Å²) in [6, 6.07) is 17.8. The zero-order valence-corrected chi connectivity index (χ0v) is 18.2. The number of aryl methyl sites for hydroxylation is 1. The number of rotatable bonds is 7. The Hall–Kier alpha value is -3.04. The van der Waals surface area contributed by atoms with Gasteiger partial charge in [0.05, 0.1) is 17.1 Å². The minimum atomic E-state index is -0.0687. The molecule has 0 saturated carbocycles. The van der Waals surface area contributed by atoms with Gasteiger partial charge in [0.2, 0.25) is 11.1 Å². The third kappa shape index (κ3) is 4.42. The van der Waals surface area contributed by atoms with Crippen molar-refractivity contribution in [2.24, 2.45) is 0 Å². The number of carbonyl (C=O) groups is 1. The number of carbonyl (C=O) groups excluding carboxylic acids is 1. The molecule has 4 aromatic rings. The normalized spacial score (nSPS) is 10.9. The van der Waals surface area contributed by atoms with Crippen molar-refractivity contribution >= 4 is 39.8 Å². The molecule has 0 aliphatic rings. The minimum Gasteiger partial charge on any atom is -0.274 e. The molecule has 0 fully saturated rings. The Balaban J connectivity index is 1.50. The molecule has 0 unspecified atom stereocenters. The summed E-state index contributed by atoms with van der Waals surface area (Å²) in [6.07, 6.45) is 0.960. The third-order valence-electron chi connectivity index (χ3n) is 4.44. The molecule has 0 radical (unpaired) electrons. The molecule has 0 bridgehead atoms. The number of hydrogen-bond acceptors (Lipinski definition) is 7. The van der Waals surface area contributed by atoms with Crippen molar-refractivity contribution in [2.45, 2.75) is 31.2 Å². The lowest BCUT2D eigenvalue weighted by atomic mass is 10.1. The summed E-state index contributed by atoms with van der Waals surface area (Å²) in [4.78, 5) is 18.6. The number of aromatic nitrogens is 5. The van der Waals surface area contributed by atoms with Crippen molar-refractivity contribution in [3.05, 3.63) is 71.2 Å². The van der Waals surface area contributed by atoms with Crippen LogP contribution in [0.5, 0.6) is 0 Å². The Kier molecular flexibility index (Phi) is 6.20.